The fourth-order valence-electron chi connectivity index (χ4n) is 2.00. The number of carbonyl (C=O) groups excluding carboxylic acids is 2. The van der Waals surface area contributed by atoms with Gasteiger partial charge in [-0.3, -0.25) is 4.79 Å². The van der Waals surface area contributed by atoms with E-state index in [9.17, 15) is 9.59 Å². The molecule has 0 aliphatic rings. The Morgan fingerprint density at radius 3 is 1.79 bits per heavy atom. The second-order valence-electron chi connectivity index (χ2n) is 5.75. The SMILES string of the molecule is CCCC(=O)/C(C)=C/C(C)=C/C=C/C=C(C)/C=C(\C)C(=O)OCC. The van der Waals surface area contributed by atoms with E-state index in [1.54, 1.807) is 19.9 Å². The summed E-state index contributed by atoms with van der Waals surface area (Å²) < 4.78 is 4.94. The predicted molar refractivity (Wildman–Crippen MR) is 101 cm³/mol. The number of Topliss-reactive ketones (excluding diaryl/α,β-unsaturated/α-hetero) is 1. The molecule has 0 atom stereocenters. The summed E-state index contributed by atoms with van der Waals surface area (Å²) in [6.45, 7) is 11.7. The third kappa shape index (κ3) is 9.78. The Labute approximate surface area is 146 Å². The lowest BCUT2D eigenvalue weighted by molar-refractivity contribution is -0.138. The highest BCUT2D eigenvalue weighted by Gasteiger charge is 2.03. The molecule has 0 aliphatic carbocycles. The molecule has 0 N–H and O–H groups in total. The van der Waals surface area contributed by atoms with Gasteiger partial charge in [-0.1, -0.05) is 48.5 Å². The second kappa shape index (κ2) is 12.3. The molecule has 0 unspecified atom stereocenters. The van der Waals surface area contributed by atoms with Gasteiger partial charge in [-0.2, -0.15) is 0 Å². The fraction of sp³-hybridized carbons (Fsp3) is 0.429. The summed E-state index contributed by atoms with van der Waals surface area (Å²) in [6.07, 6.45) is 12.9. The topological polar surface area (TPSA) is 43.4 Å². The summed E-state index contributed by atoms with van der Waals surface area (Å²) in [5, 5.41) is 0. The molecule has 3 heteroatoms. The molecule has 0 fully saturated rings. The normalized spacial score (nSPS) is 14.2. The lowest BCUT2D eigenvalue weighted by Crippen LogP contribution is -2.04. The van der Waals surface area contributed by atoms with Gasteiger partial charge in [0.1, 0.15) is 0 Å². The minimum Gasteiger partial charge on any atom is -0.463 e. The van der Waals surface area contributed by atoms with Crippen molar-refractivity contribution in [1.82, 2.24) is 0 Å². The minimum atomic E-state index is -0.290. The average Bonchev–Trinajstić information content (AvgIpc) is 2.51. The molecule has 24 heavy (non-hydrogen) atoms. The van der Waals surface area contributed by atoms with Crippen LogP contribution in [0, 0.1) is 0 Å². The zero-order valence-electron chi connectivity index (χ0n) is 15.8. The van der Waals surface area contributed by atoms with Crippen LogP contribution < -0.4 is 0 Å². The van der Waals surface area contributed by atoms with Crippen molar-refractivity contribution >= 4 is 11.8 Å². The van der Waals surface area contributed by atoms with Gasteiger partial charge in [-0.05, 0) is 52.7 Å². The summed E-state index contributed by atoms with van der Waals surface area (Å²) in [5.41, 5.74) is 3.36. The number of ketones is 1. The zero-order chi connectivity index (χ0) is 18.5. The van der Waals surface area contributed by atoms with E-state index in [0.717, 1.165) is 23.1 Å². The average molecular weight is 330 g/mol. The van der Waals surface area contributed by atoms with E-state index in [4.69, 9.17) is 4.74 Å². The zero-order valence-corrected chi connectivity index (χ0v) is 15.8. The van der Waals surface area contributed by atoms with E-state index in [1.807, 2.05) is 58.1 Å². The van der Waals surface area contributed by atoms with Crippen LogP contribution in [-0.2, 0) is 14.3 Å². The van der Waals surface area contributed by atoms with Crippen LogP contribution >= 0.6 is 0 Å². The van der Waals surface area contributed by atoms with Crippen LogP contribution in [0.1, 0.15) is 54.4 Å². The molecular weight excluding hydrogens is 300 g/mol. The summed E-state index contributed by atoms with van der Waals surface area (Å²) in [7, 11) is 0. The molecule has 0 aliphatic heterocycles. The summed E-state index contributed by atoms with van der Waals surface area (Å²) in [4.78, 5) is 23.3. The maximum absolute atomic E-state index is 11.7. The van der Waals surface area contributed by atoms with Crippen molar-refractivity contribution in [2.24, 2.45) is 0 Å². The van der Waals surface area contributed by atoms with Crippen molar-refractivity contribution in [3.05, 3.63) is 58.7 Å². The van der Waals surface area contributed by atoms with Crippen molar-refractivity contribution in [3.63, 3.8) is 0 Å². The van der Waals surface area contributed by atoms with E-state index < -0.39 is 0 Å². The lowest BCUT2D eigenvalue weighted by atomic mass is 10.1. The largest absolute Gasteiger partial charge is 0.463 e. The van der Waals surface area contributed by atoms with Crippen molar-refractivity contribution in [2.75, 3.05) is 6.61 Å². The Bertz CT molecular complexity index is 532. The van der Waals surface area contributed by atoms with Crippen molar-refractivity contribution in [2.45, 2.75) is 54.4 Å². The van der Waals surface area contributed by atoms with Crippen LogP contribution in [-0.4, -0.2) is 18.4 Å². The van der Waals surface area contributed by atoms with Gasteiger partial charge in [0, 0.05) is 12.0 Å². The maximum Gasteiger partial charge on any atom is 0.333 e. The van der Waals surface area contributed by atoms with Gasteiger partial charge < -0.3 is 4.74 Å². The quantitative estimate of drug-likeness (QED) is 0.329. The van der Waals surface area contributed by atoms with E-state index in [2.05, 4.69) is 0 Å². The van der Waals surface area contributed by atoms with E-state index in [-0.39, 0.29) is 11.8 Å². The number of allylic oxidation sites excluding steroid dienone is 9. The van der Waals surface area contributed by atoms with Crippen molar-refractivity contribution < 1.29 is 14.3 Å². The van der Waals surface area contributed by atoms with Crippen LogP contribution in [0.4, 0.5) is 0 Å². The molecular formula is C21H30O3. The van der Waals surface area contributed by atoms with Crippen LogP contribution in [0.25, 0.3) is 0 Å². The molecule has 0 aromatic rings. The molecule has 132 valence electrons. The molecule has 0 rings (SSSR count). The molecule has 0 saturated heterocycles. The first-order chi connectivity index (χ1) is 11.3. The number of rotatable bonds is 9. The smallest absolute Gasteiger partial charge is 0.333 e. The van der Waals surface area contributed by atoms with Gasteiger partial charge in [0.2, 0.25) is 0 Å². The van der Waals surface area contributed by atoms with Gasteiger partial charge in [-0.25, -0.2) is 4.79 Å². The second-order valence-corrected chi connectivity index (χ2v) is 5.75. The first kappa shape index (κ1) is 21.8. The summed E-state index contributed by atoms with van der Waals surface area (Å²) >= 11 is 0. The Morgan fingerprint density at radius 2 is 1.33 bits per heavy atom. The minimum absolute atomic E-state index is 0.199. The molecule has 0 saturated carbocycles. The number of ether oxygens (including phenoxy) is 1. The van der Waals surface area contributed by atoms with E-state index in [0.29, 0.717) is 18.6 Å². The highest BCUT2D eigenvalue weighted by Crippen LogP contribution is 2.07. The van der Waals surface area contributed by atoms with E-state index >= 15 is 0 Å². The first-order valence-electron chi connectivity index (χ1n) is 8.40. The van der Waals surface area contributed by atoms with Crippen LogP contribution in [0.15, 0.2) is 58.7 Å². The van der Waals surface area contributed by atoms with Crippen LogP contribution in [0.5, 0.6) is 0 Å². The predicted octanol–water partition coefficient (Wildman–Crippen LogP) is 5.26. The summed E-state index contributed by atoms with van der Waals surface area (Å²) in [6, 6.07) is 0. The van der Waals surface area contributed by atoms with Gasteiger partial charge in [-0.15, -0.1) is 0 Å². The first-order valence-corrected chi connectivity index (χ1v) is 8.40. The molecule has 0 amide bonds. The third-order valence-electron chi connectivity index (χ3n) is 3.23. The standard InChI is InChI=1S/C21H30O3/c1-7-11-20(22)18(5)14-16(3)12-9-10-13-17(4)15-19(6)21(23)24-8-2/h9-10,12-15H,7-8,11H2,1-6H3/b10-9+,16-12+,17-13+,18-14+,19-15+. The van der Waals surface area contributed by atoms with Gasteiger partial charge in [0.25, 0.3) is 0 Å². The Kier molecular flexibility index (Phi) is 11.2. The Hall–Kier alpha value is -2.16. The van der Waals surface area contributed by atoms with Gasteiger partial charge in [0.05, 0.1) is 6.61 Å². The number of hydrogen-bond donors (Lipinski definition) is 0. The maximum atomic E-state index is 11.7. The molecule has 0 spiro atoms. The Morgan fingerprint density at radius 1 is 0.833 bits per heavy atom. The molecule has 0 aromatic carbocycles. The van der Waals surface area contributed by atoms with Crippen molar-refractivity contribution in [3.8, 4) is 0 Å². The molecule has 3 nitrogen and oxygen atoms in total. The number of carbonyl (C=O) groups is 2. The summed E-state index contributed by atoms with van der Waals surface area (Å²) in [5.74, 6) is -0.0909. The van der Waals surface area contributed by atoms with E-state index in [1.165, 1.54) is 0 Å². The molecule has 0 bridgehead atoms. The third-order valence-corrected chi connectivity index (χ3v) is 3.23. The fourth-order valence-corrected chi connectivity index (χ4v) is 2.00. The van der Waals surface area contributed by atoms with Crippen LogP contribution in [0.3, 0.4) is 0 Å². The number of esters is 1. The highest BCUT2D eigenvalue weighted by atomic mass is 16.5. The van der Waals surface area contributed by atoms with Crippen LogP contribution in [0.2, 0.25) is 0 Å². The monoisotopic (exact) mass is 330 g/mol. The molecule has 0 aromatic heterocycles. The van der Waals surface area contributed by atoms with Crippen molar-refractivity contribution in [1.29, 1.82) is 0 Å². The van der Waals surface area contributed by atoms with Gasteiger partial charge in [0.15, 0.2) is 5.78 Å². The highest BCUT2D eigenvalue weighted by molar-refractivity contribution is 5.95. The lowest BCUT2D eigenvalue weighted by Gasteiger charge is -2.01. The number of hydrogen-bond acceptors (Lipinski definition) is 3. The molecule has 0 heterocycles. The molecule has 0 radical (unpaired) electrons. The Balaban J connectivity index is 4.79. The van der Waals surface area contributed by atoms with Gasteiger partial charge >= 0.3 is 5.97 Å².